The molecular weight excluding hydrogens is 328 g/mol. The van der Waals surface area contributed by atoms with E-state index < -0.39 is 3.12 Å². The number of alkyl halides is 3. The molecule has 2 amide bonds. The Bertz CT molecular complexity index is 342. The third kappa shape index (κ3) is 3.24. The van der Waals surface area contributed by atoms with Crippen LogP contribution in [0.4, 0.5) is 0 Å². The van der Waals surface area contributed by atoms with Gasteiger partial charge in [-0.3, -0.25) is 9.59 Å². The van der Waals surface area contributed by atoms with Gasteiger partial charge in [-0.15, -0.1) is 12.4 Å². The molecule has 2 aliphatic rings. The Morgan fingerprint density at radius 2 is 1.53 bits per heavy atom. The molecule has 0 aromatic rings. The second-order valence-electron chi connectivity index (χ2n) is 3.66. The van der Waals surface area contributed by atoms with E-state index in [9.17, 15) is 9.59 Å². The Kier molecular flexibility index (Phi) is 5.07. The van der Waals surface area contributed by atoms with Crippen LogP contribution in [0.3, 0.4) is 0 Å². The molecule has 17 heavy (non-hydrogen) atoms. The Morgan fingerprint density at radius 3 is 1.88 bits per heavy atom. The number of allylic oxidation sites excluding steroid dienone is 2. The highest BCUT2D eigenvalue weighted by molar-refractivity contribution is 8.03. The largest absolute Gasteiger partial charge is 0.273 e. The van der Waals surface area contributed by atoms with Gasteiger partial charge in [-0.25, -0.2) is 4.31 Å². The maximum Gasteiger partial charge on any atom is 0.256 e. The van der Waals surface area contributed by atoms with Crippen LogP contribution in [0.5, 0.6) is 0 Å². The molecule has 2 atom stereocenters. The van der Waals surface area contributed by atoms with Crippen LogP contribution in [0.1, 0.15) is 12.8 Å². The monoisotopic (exact) mass is 335 g/mol. The zero-order chi connectivity index (χ0) is 11.9. The van der Waals surface area contributed by atoms with Crippen molar-refractivity contribution in [2.75, 3.05) is 0 Å². The molecule has 0 spiro atoms. The summed E-state index contributed by atoms with van der Waals surface area (Å²) in [7, 11) is 0. The fraction of sp³-hybridized carbons (Fsp3) is 0.556. The number of carbonyl (C=O) groups is 2. The van der Waals surface area contributed by atoms with Crippen molar-refractivity contribution in [2.45, 2.75) is 16.0 Å². The van der Waals surface area contributed by atoms with Gasteiger partial charge in [0, 0.05) is 11.9 Å². The van der Waals surface area contributed by atoms with Crippen LogP contribution in [0.25, 0.3) is 0 Å². The van der Waals surface area contributed by atoms with E-state index in [2.05, 4.69) is 0 Å². The molecule has 3 nitrogen and oxygen atoms in total. The van der Waals surface area contributed by atoms with Crippen molar-refractivity contribution in [3.63, 3.8) is 0 Å². The molecule has 2 rings (SSSR count). The van der Waals surface area contributed by atoms with Gasteiger partial charge >= 0.3 is 0 Å². The average Bonchev–Trinajstić information content (AvgIpc) is 2.43. The van der Waals surface area contributed by atoms with E-state index in [0.717, 1.165) is 4.31 Å². The first kappa shape index (κ1) is 15.4. The first-order valence-corrected chi connectivity index (χ1v) is 6.59. The van der Waals surface area contributed by atoms with Crippen LogP contribution >= 0.6 is 59.2 Å². The second-order valence-corrected chi connectivity index (χ2v) is 7.78. The molecule has 0 N–H and O–H groups in total. The summed E-state index contributed by atoms with van der Waals surface area (Å²) in [5.74, 6) is -1.07. The number of fused-ring (bicyclic) bond motifs is 1. The molecule has 1 aliphatic carbocycles. The summed E-state index contributed by atoms with van der Waals surface area (Å²) in [5.41, 5.74) is 0. The van der Waals surface area contributed by atoms with Gasteiger partial charge in [0.15, 0.2) is 0 Å². The molecule has 1 heterocycles. The molecule has 8 heteroatoms. The van der Waals surface area contributed by atoms with Crippen LogP contribution in [-0.4, -0.2) is 19.2 Å². The van der Waals surface area contributed by atoms with Crippen molar-refractivity contribution in [3.05, 3.63) is 12.2 Å². The van der Waals surface area contributed by atoms with Gasteiger partial charge in [0.05, 0.1) is 11.8 Å². The molecule has 1 saturated heterocycles. The summed E-state index contributed by atoms with van der Waals surface area (Å²) in [6, 6.07) is 0. The van der Waals surface area contributed by atoms with Crippen LogP contribution < -0.4 is 0 Å². The summed E-state index contributed by atoms with van der Waals surface area (Å²) in [5, 5.41) is 0. The van der Waals surface area contributed by atoms with Gasteiger partial charge in [0.1, 0.15) is 0 Å². The first-order chi connectivity index (χ1) is 7.40. The predicted octanol–water partition coefficient (Wildman–Crippen LogP) is 3.34. The summed E-state index contributed by atoms with van der Waals surface area (Å²) in [6.45, 7) is 0. The molecular formula is C9H9Cl4NO2S. The van der Waals surface area contributed by atoms with Crippen molar-refractivity contribution in [1.29, 1.82) is 0 Å². The lowest BCUT2D eigenvalue weighted by atomic mass is 9.85. The Hall–Kier alpha value is 0.390. The zero-order valence-electron chi connectivity index (χ0n) is 8.44. The van der Waals surface area contributed by atoms with Crippen molar-refractivity contribution in [1.82, 2.24) is 4.31 Å². The Labute approximate surface area is 124 Å². The number of halogens is 4. The predicted molar refractivity (Wildman–Crippen MR) is 72.3 cm³/mol. The van der Waals surface area contributed by atoms with Crippen LogP contribution in [0, 0.1) is 11.8 Å². The van der Waals surface area contributed by atoms with E-state index in [1.165, 1.54) is 0 Å². The lowest BCUT2D eigenvalue weighted by molar-refractivity contribution is -0.133. The highest BCUT2D eigenvalue weighted by Crippen LogP contribution is 2.46. The number of amides is 2. The molecule has 96 valence electrons. The minimum Gasteiger partial charge on any atom is -0.273 e. The summed E-state index contributed by atoms with van der Waals surface area (Å²) in [4.78, 5) is 23.8. The lowest BCUT2D eigenvalue weighted by Crippen LogP contribution is -2.26. The fourth-order valence-electron chi connectivity index (χ4n) is 1.96. The van der Waals surface area contributed by atoms with Gasteiger partial charge in [-0.1, -0.05) is 47.0 Å². The lowest BCUT2D eigenvalue weighted by Gasteiger charge is -2.17. The van der Waals surface area contributed by atoms with Gasteiger partial charge in [0.2, 0.25) is 11.8 Å². The van der Waals surface area contributed by atoms with Crippen LogP contribution in [0.2, 0.25) is 0 Å². The van der Waals surface area contributed by atoms with E-state index in [1.807, 2.05) is 12.2 Å². The van der Waals surface area contributed by atoms with E-state index in [0.29, 0.717) is 24.8 Å². The number of nitrogens with zero attached hydrogens (tertiary/aromatic N) is 1. The van der Waals surface area contributed by atoms with E-state index in [4.69, 9.17) is 34.8 Å². The van der Waals surface area contributed by atoms with Gasteiger partial charge < -0.3 is 0 Å². The van der Waals surface area contributed by atoms with Crippen molar-refractivity contribution >= 4 is 71.0 Å². The summed E-state index contributed by atoms with van der Waals surface area (Å²) in [6.07, 6.45) is 5.00. The SMILES string of the molecule is Cl.O=C1C2CC=CCC2C(=O)N1SC(Cl)(Cl)Cl. The smallest absolute Gasteiger partial charge is 0.256 e. The standard InChI is InChI=1S/C9H8Cl3NO2S.ClH/c10-9(11,12)16-13-7(14)5-3-1-2-4-6(5)8(13)15;/h1-2,5-6H,3-4H2;1H. The zero-order valence-corrected chi connectivity index (χ0v) is 12.3. The Morgan fingerprint density at radius 1 is 1.12 bits per heavy atom. The molecule has 0 bridgehead atoms. The van der Waals surface area contributed by atoms with E-state index >= 15 is 0 Å². The average molecular weight is 337 g/mol. The molecule has 0 aromatic carbocycles. The van der Waals surface area contributed by atoms with Crippen molar-refractivity contribution in [2.24, 2.45) is 11.8 Å². The fourth-order valence-corrected chi connectivity index (χ4v) is 3.24. The van der Waals surface area contributed by atoms with Gasteiger partial charge in [-0.2, -0.15) is 0 Å². The molecule has 1 fully saturated rings. The molecule has 0 radical (unpaired) electrons. The highest BCUT2D eigenvalue weighted by atomic mass is 35.6. The summed E-state index contributed by atoms with van der Waals surface area (Å²) < 4.78 is -0.693. The van der Waals surface area contributed by atoms with E-state index in [1.54, 1.807) is 0 Å². The minimum absolute atomic E-state index is 0. The van der Waals surface area contributed by atoms with Crippen LogP contribution in [-0.2, 0) is 9.59 Å². The maximum absolute atomic E-state index is 11.9. The quantitative estimate of drug-likeness (QED) is 0.319. The van der Waals surface area contributed by atoms with Crippen LogP contribution in [0.15, 0.2) is 12.2 Å². The third-order valence-electron chi connectivity index (χ3n) is 2.66. The number of hydrogen-bond acceptors (Lipinski definition) is 3. The third-order valence-corrected chi connectivity index (χ3v) is 4.03. The summed E-state index contributed by atoms with van der Waals surface area (Å²) >= 11 is 17.4. The minimum atomic E-state index is -1.69. The van der Waals surface area contributed by atoms with Gasteiger partial charge in [0.25, 0.3) is 3.12 Å². The number of rotatable bonds is 1. The first-order valence-electron chi connectivity index (χ1n) is 4.69. The Balaban J connectivity index is 0.00000144. The second kappa shape index (κ2) is 5.57. The molecule has 0 saturated carbocycles. The number of hydrogen-bond donors (Lipinski definition) is 0. The van der Waals surface area contributed by atoms with E-state index in [-0.39, 0.29) is 36.1 Å². The molecule has 2 unspecified atom stereocenters. The molecule has 0 aromatic heterocycles. The number of imide groups is 1. The van der Waals surface area contributed by atoms with Crippen molar-refractivity contribution < 1.29 is 9.59 Å². The maximum atomic E-state index is 11.9. The molecule has 1 aliphatic heterocycles. The van der Waals surface area contributed by atoms with Crippen molar-refractivity contribution in [3.8, 4) is 0 Å². The van der Waals surface area contributed by atoms with Gasteiger partial charge in [-0.05, 0) is 12.8 Å². The topological polar surface area (TPSA) is 37.4 Å². The normalized spacial score (nSPS) is 28.1. The number of carbonyl (C=O) groups excluding carboxylic acids is 2. The highest BCUT2D eigenvalue weighted by Gasteiger charge is 2.49.